The molecule has 0 amide bonds. The van der Waals surface area contributed by atoms with E-state index in [1.807, 2.05) is 0 Å². The third-order valence-electron chi connectivity index (χ3n) is 4.58. The molecule has 0 saturated heterocycles. The molecule has 0 spiro atoms. The van der Waals surface area contributed by atoms with Gasteiger partial charge in [-0.3, -0.25) is 4.99 Å². The summed E-state index contributed by atoms with van der Waals surface area (Å²) >= 11 is 0. The van der Waals surface area contributed by atoms with Crippen molar-refractivity contribution in [1.82, 2.24) is 10.6 Å². The third kappa shape index (κ3) is 7.38. The van der Waals surface area contributed by atoms with E-state index in [1.165, 1.54) is 5.56 Å². The molecule has 1 unspecified atom stereocenters. The lowest BCUT2D eigenvalue weighted by Gasteiger charge is -2.27. The predicted octanol–water partition coefficient (Wildman–Crippen LogP) is 3.66. The zero-order chi connectivity index (χ0) is 16.5. The van der Waals surface area contributed by atoms with Crippen molar-refractivity contribution in [3.05, 3.63) is 35.9 Å². The summed E-state index contributed by atoms with van der Waals surface area (Å²) in [4.78, 5) is 4.72. The van der Waals surface area contributed by atoms with Crippen molar-refractivity contribution < 1.29 is 5.11 Å². The Labute approximate surface area is 163 Å². The van der Waals surface area contributed by atoms with Crippen LogP contribution in [0.25, 0.3) is 0 Å². The maximum absolute atomic E-state index is 9.60. The number of nitrogens with one attached hydrogen (secondary N) is 2. The highest BCUT2D eigenvalue weighted by atomic mass is 127. The molecule has 1 aliphatic carbocycles. The van der Waals surface area contributed by atoms with Crippen LogP contribution < -0.4 is 10.6 Å². The molecular formula is C19H32IN3O. The van der Waals surface area contributed by atoms with Gasteiger partial charge in [-0.15, -0.1) is 24.0 Å². The third-order valence-corrected chi connectivity index (χ3v) is 4.58. The summed E-state index contributed by atoms with van der Waals surface area (Å²) in [7, 11) is 0. The molecule has 1 fully saturated rings. The Morgan fingerprint density at radius 3 is 2.50 bits per heavy atom. The van der Waals surface area contributed by atoms with Gasteiger partial charge >= 0.3 is 0 Å². The van der Waals surface area contributed by atoms with Crippen molar-refractivity contribution >= 4 is 29.9 Å². The summed E-state index contributed by atoms with van der Waals surface area (Å²) in [5.41, 5.74) is 1.38. The van der Waals surface area contributed by atoms with Gasteiger partial charge in [-0.2, -0.15) is 0 Å². The number of halogens is 1. The Kier molecular flexibility index (Phi) is 10.3. The highest BCUT2D eigenvalue weighted by Gasteiger charge is 2.19. The van der Waals surface area contributed by atoms with Gasteiger partial charge in [0.05, 0.1) is 6.10 Å². The second-order valence-corrected chi connectivity index (χ2v) is 6.51. The molecule has 1 atom stereocenters. The minimum Gasteiger partial charge on any atom is -0.393 e. The van der Waals surface area contributed by atoms with Gasteiger partial charge in [0.25, 0.3) is 0 Å². The first kappa shape index (κ1) is 21.2. The molecule has 1 aromatic rings. The number of aliphatic hydroxyl groups is 1. The number of hydrogen-bond donors (Lipinski definition) is 3. The number of aliphatic imine (C=N–C) groups is 1. The lowest BCUT2D eigenvalue weighted by atomic mass is 9.93. The lowest BCUT2D eigenvalue weighted by molar-refractivity contribution is 0.120. The first-order valence-electron chi connectivity index (χ1n) is 8.97. The maximum Gasteiger partial charge on any atom is 0.191 e. The average Bonchev–Trinajstić information content (AvgIpc) is 2.58. The number of hydrogen-bond acceptors (Lipinski definition) is 2. The maximum atomic E-state index is 9.60. The summed E-state index contributed by atoms with van der Waals surface area (Å²) in [5, 5.41) is 16.5. The van der Waals surface area contributed by atoms with E-state index in [-0.39, 0.29) is 30.1 Å². The van der Waals surface area contributed by atoms with Gasteiger partial charge in [0.15, 0.2) is 5.96 Å². The standard InChI is InChI=1S/C19H31N3O.HI/c1-3-20-19(22-17-9-11-18(23)12-10-17)21-14-13-15(2)16-7-5-4-6-8-16;/h4-8,15,17-18,23H,3,9-14H2,1-2H3,(H2,20,21,22);1H. The first-order valence-corrected chi connectivity index (χ1v) is 8.97. The second-order valence-electron chi connectivity index (χ2n) is 6.51. The number of benzene rings is 1. The summed E-state index contributed by atoms with van der Waals surface area (Å²) in [6, 6.07) is 11.1. The molecule has 5 heteroatoms. The van der Waals surface area contributed by atoms with Crippen molar-refractivity contribution in [3.8, 4) is 0 Å². The van der Waals surface area contributed by atoms with Gasteiger partial charge in [0, 0.05) is 19.1 Å². The first-order chi connectivity index (χ1) is 11.2. The molecule has 0 bridgehead atoms. The van der Waals surface area contributed by atoms with Crippen LogP contribution >= 0.6 is 24.0 Å². The highest BCUT2D eigenvalue weighted by molar-refractivity contribution is 14.0. The van der Waals surface area contributed by atoms with Gasteiger partial charge in [-0.05, 0) is 50.5 Å². The zero-order valence-corrected chi connectivity index (χ0v) is 17.2. The van der Waals surface area contributed by atoms with Crippen LogP contribution in [-0.2, 0) is 0 Å². The van der Waals surface area contributed by atoms with E-state index in [4.69, 9.17) is 4.99 Å². The molecule has 2 rings (SSSR count). The van der Waals surface area contributed by atoms with Crippen molar-refractivity contribution in [2.24, 2.45) is 4.99 Å². The molecule has 0 aliphatic heterocycles. The zero-order valence-electron chi connectivity index (χ0n) is 14.9. The predicted molar refractivity (Wildman–Crippen MR) is 112 cm³/mol. The molecule has 1 saturated carbocycles. The van der Waals surface area contributed by atoms with Crippen LogP contribution in [-0.4, -0.2) is 36.3 Å². The van der Waals surface area contributed by atoms with E-state index >= 15 is 0 Å². The van der Waals surface area contributed by atoms with Gasteiger partial charge in [-0.1, -0.05) is 37.3 Å². The molecule has 0 radical (unpaired) electrons. The normalized spacial score (nSPS) is 22.4. The number of guanidine groups is 1. The molecule has 3 N–H and O–H groups in total. The monoisotopic (exact) mass is 445 g/mol. The smallest absolute Gasteiger partial charge is 0.191 e. The number of aliphatic hydroxyl groups excluding tert-OH is 1. The van der Waals surface area contributed by atoms with Crippen LogP contribution in [0.5, 0.6) is 0 Å². The molecular weight excluding hydrogens is 413 g/mol. The highest BCUT2D eigenvalue weighted by Crippen LogP contribution is 2.19. The molecule has 0 aromatic heterocycles. The Bertz CT molecular complexity index is 473. The topological polar surface area (TPSA) is 56.7 Å². The van der Waals surface area contributed by atoms with Crippen LogP contribution in [0.3, 0.4) is 0 Å². The lowest BCUT2D eigenvalue weighted by Crippen LogP contribution is -2.45. The van der Waals surface area contributed by atoms with Crippen LogP contribution in [0.2, 0.25) is 0 Å². The van der Waals surface area contributed by atoms with E-state index in [9.17, 15) is 5.11 Å². The minimum absolute atomic E-state index is 0. The van der Waals surface area contributed by atoms with E-state index in [0.29, 0.717) is 12.0 Å². The summed E-state index contributed by atoms with van der Waals surface area (Å²) in [5.74, 6) is 1.43. The van der Waals surface area contributed by atoms with Crippen LogP contribution in [0.4, 0.5) is 0 Å². The van der Waals surface area contributed by atoms with Gasteiger partial charge in [0.1, 0.15) is 0 Å². The molecule has 1 aromatic carbocycles. The quantitative estimate of drug-likeness (QED) is 0.356. The Morgan fingerprint density at radius 2 is 1.88 bits per heavy atom. The van der Waals surface area contributed by atoms with Crippen LogP contribution in [0.1, 0.15) is 57.4 Å². The van der Waals surface area contributed by atoms with Crippen molar-refractivity contribution in [2.45, 2.75) is 64.0 Å². The fourth-order valence-electron chi connectivity index (χ4n) is 3.05. The van der Waals surface area contributed by atoms with Crippen molar-refractivity contribution in [2.75, 3.05) is 13.1 Å². The molecule has 1 aliphatic rings. The van der Waals surface area contributed by atoms with E-state index < -0.39 is 0 Å². The van der Waals surface area contributed by atoms with Crippen molar-refractivity contribution in [3.63, 3.8) is 0 Å². The Balaban J connectivity index is 0.00000288. The summed E-state index contributed by atoms with van der Waals surface area (Å²) in [6.07, 6.45) is 4.76. The fourth-order valence-corrected chi connectivity index (χ4v) is 3.05. The van der Waals surface area contributed by atoms with Gasteiger partial charge < -0.3 is 15.7 Å². The van der Waals surface area contributed by atoms with Gasteiger partial charge in [-0.25, -0.2) is 0 Å². The number of nitrogens with zero attached hydrogens (tertiary/aromatic N) is 1. The second kappa shape index (κ2) is 11.7. The van der Waals surface area contributed by atoms with Gasteiger partial charge in [0.2, 0.25) is 0 Å². The largest absolute Gasteiger partial charge is 0.393 e. The Morgan fingerprint density at radius 1 is 1.21 bits per heavy atom. The van der Waals surface area contributed by atoms with Crippen LogP contribution in [0.15, 0.2) is 35.3 Å². The minimum atomic E-state index is -0.112. The van der Waals surface area contributed by atoms with Crippen LogP contribution in [0, 0.1) is 0 Å². The Hall–Kier alpha value is -0.820. The number of rotatable bonds is 6. The summed E-state index contributed by atoms with van der Waals surface area (Å²) < 4.78 is 0. The van der Waals surface area contributed by atoms with E-state index in [1.54, 1.807) is 0 Å². The molecule has 4 nitrogen and oxygen atoms in total. The van der Waals surface area contributed by atoms with Crippen molar-refractivity contribution in [1.29, 1.82) is 0 Å². The van der Waals surface area contributed by atoms with E-state index in [2.05, 4.69) is 54.8 Å². The fraction of sp³-hybridized carbons (Fsp3) is 0.632. The summed E-state index contributed by atoms with van der Waals surface area (Å²) in [6.45, 7) is 6.04. The van der Waals surface area contributed by atoms with E-state index in [0.717, 1.165) is 51.2 Å². The molecule has 0 heterocycles. The SMILES string of the molecule is CCNC(=NCCC(C)c1ccccc1)NC1CCC(O)CC1.I. The average molecular weight is 445 g/mol. The molecule has 24 heavy (non-hydrogen) atoms. The molecule has 136 valence electrons.